The number of anilines is 1. The molecular formula is C15H24N2O3S. The highest BCUT2D eigenvalue weighted by atomic mass is 32.2. The maximum absolute atomic E-state index is 12.3. The van der Waals surface area contributed by atoms with E-state index in [9.17, 15) is 13.2 Å². The van der Waals surface area contributed by atoms with Gasteiger partial charge in [0, 0.05) is 24.5 Å². The largest absolute Gasteiger partial charge is 0.382 e. The number of rotatable bonds is 6. The third-order valence-corrected chi connectivity index (χ3v) is 5.45. The van der Waals surface area contributed by atoms with Crippen LogP contribution in [-0.2, 0) is 9.84 Å². The molecule has 0 heterocycles. The van der Waals surface area contributed by atoms with E-state index in [4.69, 9.17) is 0 Å². The number of carbonyl (C=O) groups excluding carboxylic acids is 1. The third-order valence-electron chi connectivity index (χ3n) is 3.29. The van der Waals surface area contributed by atoms with E-state index >= 15 is 0 Å². The van der Waals surface area contributed by atoms with Crippen molar-refractivity contribution >= 4 is 21.4 Å². The van der Waals surface area contributed by atoms with Gasteiger partial charge in [-0.25, -0.2) is 8.42 Å². The molecule has 0 aliphatic carbocycles. The molecule has 0 aromatic heterocycles. The van der Waals surface area contributed by atoms with Gasteiger partial charge >= 0.3 is 0 Å². The minimum atomic E-state index is -3.24. The van der Waals surface area contributed by atoms with Crippen LogP contribution in [0.5, 0.6) is 0 Å². The van der Waals surface area contributed by atoms with Crippen molar-refractivity contribution in [3.05, 3.63) is 29.8 Å². The number of carbonyl (C=O) groups is 1. The number of hydrogen-bond acceptors (Lipinski definition) is 4. The van der Waals surface area contributed by atoms with Crippen LogP contribution in [0.3, 0.4) is 0 Å². The Bertz CT molecular complexity index is 607. The lowest BCUT2D eigenvalue weighted by atomic mass is 10.1. The SMILES string of the molecule is CC(C)Nc1ccccc1C(=O)NCC(C)(C)S(C)(=O)=O. The van der Waals surface area contributed by atoms with Crippen molar-refractivity contribution in [3.8, 4) is 0 Å². The molecule has 0 unspecified atom stereocenters. The quantitative estimate of drug-likeness (QED) is 0.843. The first kappa shape index (κ1) is 17.5. The molecule has 0 atom stereocenters. The van der Waals surface area contributed by atoms with Gasteiger partial charge in [0.2, 0.25) is 0 Å². The van der Waals surface area contributed by atoms with Crippen molar-refractivity contribution in [2.75, 3.05) is 18.1 Å². The summed E-state index contributed by atoms with van der Waals surface area (Å²) >= 11 is 0. The summed E-state index contributed by atoms with van der Waals surface area (Å²) in [7, 11) is -3.24. The molecule has 6 heteroatoms. The molecule has 1 aromatic carbocycles. The summed E-state index contributed by atoms with van der Waals surface area (Å²) in [4.78, 5) is 12.3. The Morgan fingerprint density at radius 2 is 1.81 bits per heavy atom. The Labute approximate surface area is 127 Å². The predicted molar refractivity (Wildman–Crippen MR) is 86.5 cm³/mol. The highest BCUT2D eigenvalue weighted by Crippen LogP contribution is 2.17. The van der Waals surface area contributed by atoms with E-state index < -0.39 is 14.6 Å². The molecule has 0 aliphatic heterocycles. The number of para-hydroxylation sites is 1. The normalized spacial score (nSPS) is 12.3. The zero-order valence-corrected chi connectivity index (χ0v) is 14.0. The second kappa shape index (κ2) is 6.47. The fourth-order valence-electron chi connectivity index (χ4n) is 1.64. The van der Waals surface area contributed by atoms with E-state index in [1.54, 1.807) is 26.0 Å². The first-order valence-electron chi connectivity index (χ1n) is 6.88. The molecule has 0 spiro atoms. The van der Waals surface area contributed by atoms with Crippen molar-refractivity contribution in [1.29, 1.82) is 0 Å². The van der Waals surface area contributed by atoms with Crippen LogP contribution < -0.4 is 10.6 Å². The highest BCUT2D eigenvalue weighted by Gasteiger charge is 2.30. The summed E-state index contributed by atoms with van der Waals surface area (Å²) in [5.41, 5.74) is 1.25. The standard InChI is InChI=1S/C15H24N2O3S/c1-11(2)17-13-9-7-6-8-12(13)14(18)16-10-15(3,4)21(5,19)20/h6-9,11,17H,10H2,1-5H3,(H,16,18). The Morgan fingerprint density at radius 1 is 1.24 bits per heavy atom. The molecule has 0 saturated carbocycles. The smallest absolute Gasteiger partial charge is 0.253 e. The van der Waals surface area contributed by atoms with E-state index in [0.717, 1.165) is 5.69 Å². The van der Waals surface area contributed by atoms with Gasteiger partial charge < -0.3 is 10.6 Å². The Morgan fingerprint density at radius 3 is 2.33 bits per heavy atom. The van der Waals surface area contributed by atoms with Gasteiger partial charge in [0.1, 0.15) is 0 Å². The van der Waals surface area contributed by atoms with Crippen LogP contribution in [-0.4, -0.2) is 37.9 Å². The van der Waals surface area contributed by atoms with E-state index in [0.29, 0.717) is 5.56 Å². The molecule has 5 nitrogen and oxygen atoms in total. The molecule has 1 aromatic rings. The number of hydrogen-bond donors (Lipinski definition) is 2. The summed E-state index contributed by atoms with van der Waals surface area (Å²) < 4.78 is 22.3. The van der Waals surface area contributed by atoms with Gasteiger partial charge in [-0.3, -0.25) is 4.79 Å². The Hall–Kier alpha value is -1.56. The van der Waals surface area contributed by atoms with Crippen LogP contribution in [0.1, 0.15) is 38.1 Å². The second-order valence-corrected chi connectivity index (χ2v) is 8.71. The average Bonchev–Trinajstić information content (AvgIpc) is 2.34. The molecule has 0 fully saturated rings. The van der Waals surface area contributed by atoms with Crippen molar-refractivity contribution in [1.82, 2.24) is 5.32 Å². The Balaban J connectivity index is 2.86. The van der Waals surface area contributed by atoms with Crippen LogP contribution >= 0.6 is 0 Å². The van der Waals surface area contributed by atoms with Crippen LogP contribution in [0, 0.1) is 0 Å². The van der Waals surface area contributed by atoms with Crippen molar-refractivity contribution in [2.45, 2.75) is 38.5 Å². The molecular weight excluding hydrogens is 288 g/mol. The highest BCUT2D eigenvalue weighted by molar-refractivity contribution is 7.92. The van der Waals surface area contributed by atoms with Gasteiger partial charge in [-0.05, 0) is 39.8 Å². The lowest BCUT2D eigenvalue weighted by molar-refractivity contribution is 0.0951. The zero-order valence-electron chi connectivity index (χ0n) is 13.2. The van der Waals surface area contributed by atoms with Crippen LogP contribution in [0.2, 0.25) is 0 Å². The molecule has 0 bridgehead atoms. The zero-order chi connectivity index (χ0) is 16.3. The molecule has 1 amide bonds. The lowest BCUT2D eigenvalue weighted by Crippen LogP contribution is -2.43. The summed E-state index contributed by atoms with van der Waals surface area (Å²) in [6.07, 6.45) is 1.17. The minimum absolute atomic E-state index is 0.0701. The number of benzene rings is 1. The third kappa shape index (κ3) is 4.74. The van der Waals surface area contributed by atoms with Gasteiger partial charge in [-0.1, -0.05) is 12.1 Å². The van der Waals surface area contributed by atoms with Crippen LogP contribution in [0.4, 0.5) is 5.69 Å². The van der Waals surface area contributed by atoms with Crippen LogP contribution in [0.25, 0.3) is 0 Å². The fourth-order valence-corrected chi connectivity index (χ4v) is 1.97. The molecule has 2 N–H and O–H groups in total. The molecule has 0 aliphatic rings. The molecule has 21 heavy (non-hydrogen) atoms. The molecule has 0 radical (unpaired) electrons. The number of nitrogens with one attached hydrogen (secondary N) is 2. The average molecular weight is 312 g/mol. The molecule has 0 saturated heterocycles. The Kier molecular flexibility index (Phi) is 5.39. The number of amides is 1. The minimum Gasteiger partial charge on any atom is -0.382 e. The van der Waals surface area contributed by atoms with Gasteiger partial charge in [0.05, 0.1) is 10.3 Å². The monoisotopic (exact) mass is 312 g/mol. The van der Waals surface area contributed by atoms with Crippen LogP contribution in [0.15, 0.2) is 24.3 Å². The van der Waals surface area contributed by atoms with Gasteiger partial charge in [0.25, 0.3) is 5.91 Å². The summed E-state index contributed by atoms with van der Waals surface area (Å²) in [6.45, 7) is 7.24. The first-order valence-corrected chi connectivity index (χ1v) is 8.77. The summed E-state index contributed by atoms with van der Waals surface area (Å²) in [5.74, 6) is -0.282. The molecule has 118 valence electrons. The second-order valence-electron chi connectivity index (χ2n) is 6.06. The maximum Gasteiger partial charge on any atom is 0.253 e. The van der Waals surface area contributed by atoms with E-state index in [-0.39, 0.29) is 18.5 Å². The maximum atomic E-state index is 12.3. The van der Waals surface area contributed by atoms with E-state index in [2.05, 4.69) is 10.6 Å². The summed E-state index contributed by atoms with van der Waals surface area (Å²) in [5, 5.41) is 5.90. The molecule has 1 rings (SSSR count). The van der Waals surface area contributed by atoms with E-state index in [1.165, 1.54) is 6.26 Å². The summed E-state index contributed by atoms with van der Waals surface area (Å²) in [6, 6.07) is 7.38. The number of sulfone groups is 1. The van der Waals surface area contributed by atoms with Crippen molar-refractivity contribution in [2.24, 2.45) is 0 Å². The van der Waals surface area contributed by atoms with Gasteiger partial charge in [-0.15, -0.1) is 0 Å². The lowest BCUT2D eigenvalue weighted by Gasteiger charge is -2.23. The van der Waals surface area contributed by atoms with Gasteiger partial charge in [-0.2, -0.15) is 0 Å². The fraction of sp³-hybridized carbons (Fsp3) is 0.533. The van der Waals surface area contributed by atoms with Crippen molar-refractivity contribution < 1.29 is 13.2 Å². The van der Waals surface area contributed by atoms with E-state index in [1.807, 2.05) is 26.0 Å². The van der Waals surface area contributed by atoms with Crippen molar-refractivity contribution in [3.63, 3.8) is 0 Å². The predicted octanol–water partition coefficient (Wildman–Crippen LogP) is 2.06. The first-order chi connectivity index (χ1) is 9.54. The van der Waals surface area contributed by atoms with Gasteiger partial charge in [0.15, 0.2) is 9.84 Å². The topological polar surface area (TPSA) is 75.3 Å².